The monoisotopic (exact) mass is 425 g/mol. The van der Waals surface area contributed by atoms with Crippen LogP contribution in [-0.2, 0) is 0 Å². The highest BCUT2D eigenvalue weighted by Crippen LogP contribution is 2.47. The number of benzene rings is 5. The summed E-state index contributed by atoms with van der Waals surface area (Å²) in [6, 6.07) is 39.4. The van der Waals surface area contributed by atoms with Crippen molar-refractivity contribution in [3.8, 4) is 0 Å². The number of rotatable bonds is 3. The fraction of sp³-hybridized carbons (Fsp3) is 0. The van der Waals surface area contributed by atoms with Crippen LogP contribution in [0.3, 0.4) is 0 Å². The standard InChI is InChI=1S/C30H19NO2/c1-3-11-20(12-4-1)31(21-13-5-2-6-14-21)25-19-24-22-15-7-9-17-26(22)32-29(24)28-23-16-8-10-18-27(23)33-30(25)28/h1-19H. The first-order valence-electron chi connectivity index (χ1n) is 11.0. The van der Waals surface area contributed by atoms with Gasteiger partial charge in [0, 0.05) is 27.5 Å². The quantitative estimate of drug-likeness (QED) is 0.283. The zero-order valence-electron chi connectivity index (χ0n) is 17.7. The van der Waals surface area contributed by atoms with Crippen LogP contribution >= 0.6 is 0 Å². The molecule has 0 aliphatic carbocycles. The van der Waals surface area contributed by atoms with Crippen LogP contribution in [-0.4, -0.2) is 0 Å². The summed E-state index contributed by atoms with van der Waals surface area (Å²) < 4.78 is 12.9. The first-order chi connectivity index (χ1) is 16.4. The first kappa shape index (κ1) is 18.1. The normalized spacial score (nSPS) is 11.6. The zero-order valence-corrected chi connectivity index (χ0v) is 17.7. The lowest BCUT2D eigenvalue weighted by Crippen LogP contribution is -2.10. The van der Waals surface area contributed by atoms with E-state index in [0.29, 0.717) is 0 Å². The molecule has 33 heavy (non-hydrogen) atoms. The van der Waals surface area contributed by atoms with Gasteiger partial charge in [-0.25, -0.2) is 0 Å². The maximum atomic E-state index is 6.51. The third kappa shape index (κ3) is 2.69. The highest BCUT2D eigenvalue weighted by atomic mass is 16.3. The van der Waals surface area contributed by atoms with E-state index in [4.69, 9.17) is 8.83 Å². The molecule has 0 N–H and O–H groups in total. The molecular formula is C30H19NO2. The molecule has 3 heteroatoms. The van der Waals surface area contributed by atoms with Gasteiger partial charge in [0.05, 0.1) is 11.1 Å². The third-order valence-corrected chi connectivity index (χ3v) is 6.24. The minimum atomic E-state index is 0.815. The average molecular weight is 425 g/mol. The van der Waals surface area contributed by atoms with Crippen LogP contribution in [0.1, 0.15) is 0 Å². The largest absolute Gasteiger partial charge is 0.455 e. The van der Waals surface area contributed by atoms with E-state index in [1.807, 2.05) is 42.5 Å². The van der Waals surface area contributed by atoms with E-state index in [-0.39, 0.29) is 0 Å². The van der Waals surface area contributed by atoms with Crippen LogP contribution in [0.25, 0.3) is 43.9 Å². The second-order valence-electron chi connectivity index (χ2n) is 8.18. The maximum Gasteiger partial charge on any atom is 0.163 e. The predicted octanol–water partition coefficient (Wildman–Crippen LogP) is 8.96. The van der Waals surface area contributed by atoms with Crippen LogP contribution in [0.2, 0.25) is 0 Å². The number of nitrogens with zero attached hydrogens (tertiary/aromatic N) is 1. The lowest BCUT2D eigenvalue weighted by molar-refractivity contribution is 0.663. The van der Waals surface area contributed by atoms with Crippen molar-refractivity contribution in [1.82, 2.24) is 0 Å². The van der Waals surface area contributed by atoms with Crippen LogP contribution in [0, 0.1) is 0 Å². The molecule has 0 fully saturated rings. The van der Waals surface area contributed by atoms with E-state index in [2.05, 4.69) is 77.7 Å². The first-order valence-corrected chi connectivity index (χ1v) is 11.0. The Morgan fingerprint density at radius 3 is 1.64 bits per heavy atom. The van der Waals surface area contributed by atoms with Crippen LogP contribution in [0.5, 0.6) is 0 Å². The minimum absolute atomic E-state index is 0.815. The smallest absolute Gasteiger partial charge is 0.163 e. The zero-order chi connectivity index (χ0) is 21.8. The lowest BCUT2D eigenvalue weighted by atomic mass is 10.0. The summed E-state index contributed by atoms with van der Waals surface area (Å²) in [6.45, 7) is 0. The minimum Gasteiger partial charge on any atom is -0.455 e. The van der Waals surface area contributed by atoms with Crippen LogP contribution in [0.15, 0.2) is 124 Å². The highest BCUT2D eigenvalue weighted by molar-refractivity contribution is 6.25. The summed E-state index contributed by atoms with van der Waals surface area (Å²) >= 11 is 0. The second-order valence-corrected chi connectivity index (χ2v) is 8.18. The Morgan fingerprint density at radius 1 is 0.455 bits per heavy atom. The molecule has 0 saturated heterocycles. The molecule has 0 amide bonds. The van der Waals surface area contributed by atoms with E-state index in [9.17, 15) is 0 Å². The predicted molar refractivity (Wildman–Crippen MR) is 136 cm³/mol. The van der Waals surface area contributed by atoms with E-state index in [1.54, 1.807) is 0 Å². The fourth-order valence-electron chi connectivity index (χ4n) is 4.80. The van der Waals surface area contributed by atoms with Gasteiger partial charge in [-0.1, -0.05) is 72.8 Å². The van der Waals surface area contributed by atoms with Gasteiger partial charge in [-0.15, -0.1) is 0 Å². The number of hydrogen-bond donors (Lipinski definition) is 0. The van der Waals surface area contributed by atoms with Crippen molar-refractivity contribution in [3.05, 3.63) is 115 Å². The Morgan fingerprint density at radius 2 is 0.970 bits per heavy atom. The molecule has 3 nitrogen and oxygen atoms in total. The molecule has 0 saturated carbocycles. The van der Waals surface area contributed by atoms with Gasteiger partial charge in [0.15, 0.2) is 5.58 Å². The average Bonchev–Trinajstić information content (AvgIpc) is 3.44. The van der Waals surface area contributed by atoms with Crippen molar-refractivity contribution in [2.45, 2.75) is 0 Å². The number of para-hydroxylation sites is 4. The van der Waals surface area contributed by atoms with Gasteiger partial charge in [0.1, 0.15) is 16.7 Å². The van der Waals surface area contributed by atoms with E-state index < -0.39 is 0 Å². The molecule has 2 aromatic heterocycles. The number of fused-ring (bicyclic) bond motifs is 7. The molecule has 5 aromatic carbocycles. The van der Waals surface area contributed by atoms with Gasteiger partial charge in [-0.05, 0) is 42.5 Å². The number of furan rings is 2. The molecule has 0 atom stereocenters. The Labute approximate surface area is 190 Å². The van der Waals surface area contributed by atoms with Crippen molar-refractivity contribution < 1.29 is 8.83 Å². The molecule has 0 bridgehead atoms. The van der Waals surface area contributed by atoms with Gasteiger partial charge >= 0.3 is 0 Å². The van der Waals surface area contributed by atoms with Crippen LogP contribution in [0.4, 0.5) is 17.1 Å². The van der Waals surface area contributed by atoms with E-state index >= 15 is 0 Å². The molecule has 2 heterocycles. The molecule has 0 radical (unpaired) electrons. The van der Waals surface area contributed by atoms with Crippen molar-refractivity contribution in [3.63, 3.8) is 0 Å². The van der Waals surface area contributed by atoms with Gasteiger partial charge < -0.3 is 13.7 Å². The number of hydrogen-bond acceptors (Lipinski definition) is 3. The number of anilines is 3. The Bertz CT molecular complexity index is 1720. The van der Waals surface area contributed by atoms with Gasteiger partial charge in [0.25, 0.3) is 0 Å². The fourth-order valence-corrected chi connectivity index (χ4v) is 4.80. The van der Waals surface area contributed by atoms with Crippen molar-refractivity contribution in [2.75, 3.05) is 4.90 Å². The Balaban J connectivity index is 1.68. The molecule has 0 spiro atoms. The maximum absolute atomic E-state index is 6.51. The van der Waals surface area contributed by atoms with Gasteiger partial charge in [-0.3, -0.25) is 0 Å². The van der Waals surface area contributed by atoms with Gasteiger partial charge in [-0.2, -0.15) is 0 Å². The second kappa shape index (κ2) is 7.01. The van der Waals surface area contributed by atoms with Crippen LogP contribution < -0.4 is 4.90 Å². The molecule has 0 unspecified atom stereocenters. The molecule has 7 rings (SSSR count). The lowest BCUT2D eigenvalue weighted by Gasteiger charge is -2.25. The Hall–Kier alpha value is -4.50. The van der Waals surface area contributed by atoms with Crippen molar-refractivity contribution in [1.29, 1.82) is 0 Å². The van der Waals surface area contributed by atoms with Crippen molar-refractivity contribution in [2.24, 2.45) is 0 Å². The van der Waals surface area contributed by atoms with E-state index in [0.717, 1.165) is 60.9 Å². The summed E-state index contributed by atoms with van der Waals surface area (Å²) in [7, 11) is 0. The SMILES string of the molecule is c1ccc(N(c2ccccc2)c2cc3c4ccccc4oc3c3c2oc2ccccc23)cc1. The highest BCUT2D eigenvalue weighted by Gasteiger charge is 2.24. The third-order valence-electron chi connectivity index (χ3n) is 6.24. The summed E-state index contributed by atoms with van der Waals surface area (Å²) in [4.78, 5) is 2.26. The summed E-state index contributed by atoms with van der Waals surface area (Å²) in [6.07, 6.45) is 0. The molecule has 7 aromatic rings. The van der Waals surface area contributed by atoms with Gasteiger partial charge in [0.2, 0.25) is 0 Å². The summed E-state index contributed by atoms with van der Waals surface area (Å²) in [5.74, 6) is 0. The molecule has 0 aliphatic heterocycles. The summed E-state index contributed by atoms with van der Waals surface area (Å²) in [5.41, 5.74) is 6.52. The van der Waals surface area contributed by atoms with Crippen molar-refractivity contribution >= 4 is 60.9 Å². The molecular weight excluding hydrogens is 406 g/mol. The molecule has 156 valence electrons. The topological polar surface area (TPSA) is 29.5 Å². The summed E-state index contributed by atoms with van der Waals surface area (Å²) in [5, 5.41) is 4.24. The Kier molecular flexibility index (Phi) is 3.84. The molecule has 0 aliphatic rings. The van der Waals surface area contributed by atoms with E-state index in [1.165, 1.54) is 0 Å².